The summed E-state index contributed by atoms with van der Waals surface area (Å²) in [6.45, 7) is 1.27. The maximum absolute atomic E-state index is 13.1. The van der Waals surface area contributed by atoms with Crippen LogP contribution in [0.15, 0.2) is 42.5 Å². The van der Waals surface area contributed by atoms with E-state index >= 15 is 0 Å². The van der Waals surface area contributed by atoms with Gasteiger partial charge in [0.15, 0.2) is 0 Å². The predicted molar refractivity (Wildman–Crippen MR) is 112 cm³/mol. The number of methoxy groups -OCH3 is 1. The number of imidazole rings is 1. The van der Waals surface area contributed by atoms with Crippen LogP contribution >= 0.6 is 0 Å². The molecule has 4 aromatic rings. The van der Waals surface area contributed by atoms with E-state index in [0.29, 0.717) is 29.9 Å². The second kappa shape index (κ2) is 7.37. The fraction of sp³-hybridized carbons (Fsp3) is 0.318. The summed E-state index contributed by atoms with van der Waals surface area (Å²) in [6.07, 6.45) is 1.91. The Labute approximate surface area is 173 Å². The lowest BCUT2D eigenvalue weighted by Crippen LogP contribution is -2.40. The van der Waals surface area contributed by atoms with Crippen molar-refractivity contribution in [2.24, 2.45) is 7.05 Å². The second-order valence-corrected chi connectivity index (χ2v) is 7.60. The van der Waals surface area contributed by atoms with E-state index in [9.17, 15) is 4.79 Å². The molecule has 30 heavy (non-hydrogen) atoms. The number of nitrogens with zero attached hydrogens (tertiary/aromatic N) is 6. The van der Waals surface area contributed by atoms with Gasteiger partial charge in [0, 0.05) is 32.1 Å². The minimum Gasteiger partial charge on any atom is -0.497 e. The molecule has 1 aliphatic heterocycles. The lowest BCUT2D eigenvalue weighted by molar-refractivity contribution is 0.0690. The number of aryl methyl sites for hydroxylation is 1. The first kappa shape index (κ1) is 18.5. The van der Waals surface area contributed by atoms with E-state index in [-0.39, 0.29) is 17.6 Å². The van der Waals surface area contributed by atoms with Gasteiger partial charge in [-0.2, -0.15) is 0 Å². The molecule has 1 amide bonds. The van der Waals surface area contributed by atoms with Crippen molar-refractivity contribution in [1.82, 2.24) is 29.6 Å². The topological polar surface area (TPSA) is 86.0 Å². The smallest absolute Gasteiger partial charge is 0.293 e. The SMILES string of the molecule is COc1ccc2nnc(C(=O)N3CCCC(c4nc5ccccc5n4C)C3)nc2c1. The molecule has 8 heteroatoms. The van der Waals surface area contributed by atoms with Gasteiger partial charge in [0.2, 0.25) is 5.82 Å². The molecule has 0 N–H and O–H groups in total. The molecule has 0 radical (unpaired) electrons. The highest BCUT2D eigenvalue weighted by Gasteiger charge is 2.30. The molecule has 0 aliphatic carbocycles. The van der Waals surface area contributed by atoms with Crippen LogP contribution in [0, 0.1) is 0 Å². The number of hydrogen-bond acceptors (Lipinski definition) is 6. The second-order valence-electron chi connectivity index (χ2n) is 7.60. The zero-order valence-electron chi connectivity index (χ0n) is 16.9. The first-order chi connectivity index (χ1) is 14.6. The number of piperidine rings is 1. The van der Waals surface area contributed by atoms with E-state index < -0.39 is 0 Å². The molecule has 5 rings (SSSR count). The molecule has 2 aromatic carbocycles. The van der Waals surface area contributed by atoms with Crippen molar-refractivity contribution in [3.8, 4) is 5.75 Å². The minimum absolute atomic E-state index is 0.112. The van der Waals surface area contributed by atoms with Crippen molar-refractivity contribution in [3.63, 3.8) is 0 Å². The predicted octanol–water partition coefficient (Wildman–Crippen LogP) is 2.94. The fourth-order valence-corrected chi connectivity index (χ4v) is 4.18. The molecular formula is C22H22N6O2. The van der Waals surface area contributed by atoms with Crippen molar-refractivity contribution in [1.29, 1.82) is 0 Å². The summed E-state index contributed by atoms with van der Waals surface area (Å²) < 4.78 is 7.38. The van der Waals surface area contributed by atoms with Crippen LogP contribution in [0.2, 0.25) is 0 Å². The monoisotopic (exact) mass is 402 g/mol. The van der Waals surface area contributed by atoms with Crippen molar-refractivity contribution in [2.45, 2.75) is 18.8 Å². The van der Waals surface area contributed by atoms with E-state index in [1.54, 1.807) is 25.3 Å². The lowest BCUT2D eigenvalue weighted by atomic mass is 9.97. The van der Waals surface area contributed by atoms with E-state index in [1.165, 1.54) is 0 Å². The molecule has 1 atom stereocenters. The Kier molecular flexibility index (Phi) is 4.54. The van der Waals surface area contributed by atoms with Gasteiger partial charge in [-0.05, 0) is 37.1 Å². The van der Waals surface area contributed by atoms with Crippen LogP contribution in [-0.2, 0) is 7.05 Å². The number of likely N-dealkylation sites (tertiary alicyclic amines) is 1. The number of carbonyl (C=O) groups excluding carboxylic acids is 1. The van der Waals surface area contributed by atoms with Crippen LogP contribution in [0.5, 0.6) is 5.75 Å². The molecule has 8 nitrogen and oxygen atoms in total. The Morgan fingerprint density at radius 2 is 1.93 bits per heavy atom. The van der Waals surface area contributed by atoms with Crippen LogP contribution in [0.4, 0.5) is 0 Å². The standard InChI is InChI=1S/C22H22N6O2/c1-27-19-8-4-3-7-17(19)24-21(27)14-6-5-11-28(13-14)22(29)20-23-18-12-15(30-2)9-10-16(18)25-26-20/h3-4,7-10,12,14H,5-6,11,13H2,1-2H3. The Hall–Kier alpha value is -3.55. The van der Waals surface area contributed by atoms with Crippen LogP contribution in [0.3, 0.4) is 0 Å². The first-order valence-corrected chi connectivity index (χ1v) is 10.0. The number of rotatable bonds is 3. The Morgan fingerprint density at radius 3 is 2.77 bits per heavy atom. The number of aromatic nitrogens is 5. The number of fused-ring (bicyclic) bond motifs is 2. The molecule has 1 saturated heterocycles. The lowest BCUT2D eigenvalue weighted by Gasteiger charge is -2.31. The largest absolute Gasteiger partial charge is 0.497 e. The van der Waals surface area contributed by atoms with Crippen LogP contribution in [-0.4, -0.2) is 55.7 Å². The molecule has 0 bridgehead atoms. The van der Waals surface area contributed by atoms with Crippen molar-refractivity contribution < 1.29 is 9.53 Å². The van der Waals surface area contributed by atoms with Crippen molar-refractivity contribution in [2.75, 3.05) is 20.2 Å². The third-order valence-electron chi connectivity index (χ3n) is 5.75. The fourth-order valence-electron chi connectivity index (χ4n) is 4.18. The normalized spacial score (nSPS) is 16.9. The highest BCUT2D eigenvalue weighted by Crippen LogP contribution is 2.29. The zero-order chi connectivity index (χ0) is 20.7. The Balaban J connectivity index is 1.42. The highest BCUT2D eigenvalue weighted by atomic mass is 16.5. The van der Waals surface area contributed by atoms with Gasteiger partial charge in [-0.25, -0.2) is 9.97 Å². The maximum atomic E-state index is 13.1. The third-order valence-corrected chi connectivity index (χ3v) is 5.75. The molecule has 2 aromatic heterocycles. The molecular weight excluding hydrogens is 380 g/mol. The summed E-state index contributed by atoms with van der Waals surface area (Å²) in [5.74, 6) is 1.77. The molecule has 152 valence electrons. The van der Waals surface area contributed by atoms with E-state index in [2.05, 4.69) is 25.8 Å². The van der Waals surface area contributed by atoms with Crippen LogP contribution in [0.1, 0.15) is 35.2 Å². The number of para-hydroxylation sites is 2. The molecule has 1 aliphatic rings. The average molecular weight is 402 g/mol. The number of ether oxygens (including phenoxy) is 1. The number of benzene rings is 2. The Bertz CT molecular complexity index is 1250. The van der Waals surface area contributed by atoms with Crippen molar-refractivity contribution >= 4 is 28.0 Å². The summed E-state index contributed by atoms with van der Waals surface area (Å²) in [7, 11) is 3.63. The van der Waals surface area contributed by atoms with Gasteiger partial charge in [-0.3, -0.25) is 4.79 Å². The van der Waals surface area contributed by atoms with E-state index in [1.807, 2.05) is 30.1 Å². The van der Waals surface area contributed by atoms with Gasteiger partial charge < -0.3 is 14.2 Å². The quantitative estimate of drug-likeness (QED) is 0.524. The average Bonchev–Trinajstić information content (AvgIpc) is 3.14. The summed E-state index contributed by atoms with van der Waals surface area (Å²) in [5, 5.41) is 8.23. The van der Waals surface area contributed by atoms with Crippen LogP contribution in [0.25, 0.3) is 22.1 Å². The van der Waals surface area contributed by atoms with Crippen LogP contribution < -0.4 is 4.74 Å². The number of amides is 1. The molecule has 0 saturated carbocycles. The maximum Gasteiger partial charge on any atom is 0.293 e. The molecule has 1 fully saturated rings. The summed E-state index contributed by atoms with van der Waals surface area (Å²) in [4.78, 5) is 24.2. The summed E-state index contributed by atoms with van der Waals surface area (Å²) in [5.41, 5.74) is 3.31. The third kappa shape index (κ3) is 3.14. The summed E-state index contributed by atoms with van der Waals surface area (Å²) >= 11 is 0. The van der Waals surface area contributed by atoms with Gasteiger partial charge in [-0.1, -0.05) is 12.1 Å². The van der Waals surface area contributed by atoms with Gasteiger partial charge in [0.1, 0.15) is 17.1 Å². The number of carbonyl (C=O) groups is 1. The molecule has 1 unspecified atom stereocenters. The first-order valence-electron chi connectivity index (χ1n) is 10.0. The Morgan fingerprint density at radius 1 is 1.07 bits per heavy atom. The minimum atomic E-state index is -0.198. The van der Waals surface area contributed by atoms with E-state index in [0.717, 1.165) is 29.7 Å². The number of hydrogen-bond donors (Lipinski definition) is 0. The molecule has 3 heterocycles. The zero-order valence-corrected chi connectivity index (χ0v) is 16.9. The highest BCUT2D eigenvalue weighted by molar-refractivity contribution is 5.92. The molecule has 0 spiro atoms. The van der Waals surface area contributed by atoms with Crippen molar-refractivity contribution in [3.05, 3.63) is 54.1 Å². The van der Waals surface area contributed by atoms with E-state index in [4.69, 9.17) is 9.72 Å². The van der Waals surface area contributed by atoms with Gasteiger partial charge in [0.05, 0.1) is 23.7 Å². The summed E-state index contributed by atoms with van der Waals surface area (Å²) in [6, 6.07) is 13.4. The van der Waals surface area contributed by atoms with Gasteiger partial charge in [-0.15, -0.1) is 10.2 Å². The van der Waals surface area contributed by atoms with Gasteiger partial charge >= 0.3 is 0 Å². The van der Waals surface area contributed by atoms with Gasteiger partial charge in [0.25, 0.3) is 5.91 Å².